The molecule has 2 aromatic carbocycles. The van der Waals surface area contributed by atoms with Gasteiger partial charge in [0, 0.05) is 23.7 Å². The summed E-state index contributed by atoms with van der Waals surface area (Å²) in [5, 5.41) is 5.84. The van der Waals surface area contributed by atoms with Crippen molar-refractivity contribution in [2.75, 3.05) is 5.32 Å². The molecule has 4 nitrogen and oxygen atoms in total. The molecular weight excluding hydrogens is 312 g/mol. The number of hydrogen-bond donors (Lipinski definition) is 2. The molecule has 0 bridgehead atoms. The van der Waals surface area contributed by atoms with E-state index in [1.54, 1.807) is 24.3 Å². The van der Waals surface area contributed by atoms with Crippen molar-refractivity contribution in [3.8, 4) is 0 Å². The Kier molecular flexibility index (Phi) is 5.17. The molecule has 2 N–H and O–H groups in total. The first-order valence-electron chi connectivity index (χ1n) is 8.78. The first kappa shape index (κ1) is 17.2. The highest BCUT2D eigenvalue weighted by molar-refractivity contribution is 5.96. The van der Waals surface area contributed by atoms with Gasteiger partial charge in [0.2, 0.25) is 5.91 Å². The zero-order valence-electron chi connectivity index (χ0n) is 14.8. The maximum Gasteiger partial charge on any atom is 0.251 e. The van der Waals surface area contributed by atoms with Crippen LogP contribution in [0.15, 0.2) is 42.5 Å². The van der Waals surface area contributed by atoms with Gasteiger partial charge in [-0.15, -0.1) is 0 Å². The normalized spacial score (nSPS) is 13.4. The number of amides is 2. The standard InChI is InChI=1S/C21H24N2O2/c1-14-3-4-16(15(2)13-14)7-12-20(24)22-18-8-5-17(6-9-18)21(25)23-19-10-11-19/h3-6,8-9,13,19H,7,10-12H2,1-2H3,(H,22,24)(H,23,25). The molecule has 0 spiro atoms. The van der Waals surface area contributed by atoms with Crippen LogP contribution in [0.25, 0.3) is 0 Å². The van der Waals surface area contributed by atoms with Gasteiger partial charge in [-0.3, -0.25) is 9.59 Å². The average Bonchev–Trinajstić information content (AvgIpc) is 3.38. The molecule has 4 heteroatoms. The van der Waals surface area contributed by atoms with Crippen LogP contribution in [-0.4, -0.2) is 17.9 Å². The molecule has 25 heavy (non-hydrogen) atoms. The van der Waals surface area contributed by atoms with Crippen molar-refractivity contribution in [2.45, 2.75) is 45.6 Å². The van der Waals surface area contributed by atoms with E-state index in [0.29, 0.717) is 23.7 Å². The molecule has 130 valence electrons. The number of hydrogen-bond acceptors (Lipinski definition) is 2. The van der Waals surface area contributed by atoms with Crippen molar-refractivity contribution in [3.05, 3.63) is 64.7 Å². The number of carbonyl (C=O) groups excluding carboxylic acids is 2. The molecule has 1 fully saturated rings. The van der Waals surface area contributed by atoms with Crippen molar-refractivity contribution in [3.63, 3.8) is 0 Å². The summed E-state index contributed by atoms with van der Waals surface area (Å²) in [7, 11) is 0. The lowest BCUT2D eigenvalue weighted by atomic mass is 10.0. The highest BCUT2D eigenvalue weighted by Gasteiger charge is 2.23. The molecule has 2 aromatic rings. The second-order valence-electron chi connectivity index (χ2n) is 6.80. The maximum atomic E-state index is 12.1. The van der Waals surface area contributed by atoms with Crippen LogP contribution in [0.4, 0.5) is 5.69 Å². The second kappa shape index (κ2) is 7.51. The summed E-state index contributed by atoms with van der Waals surface area (Å²) in [5.41, 5.74) is 5.00. The Morgan fingerprint density at radius 3 is 2.40 bits per heavy atom. The van der Waals surface area contributed by atoms with Crippen LogP contribution in [-0.2, 0) is 11.2 Å². The van der Waals surface area contributed by atoms with Gasteiger partial charge in [-0.1, -0.05) is 23.8 Å². The molecule has 2 amide bonds. The van der Waals surface area contributed by atoms with E-state index in [0.717, 1.165) is 19.3 Å². The number of rotatable bonds is 6. The van der Waals surface area contributed by atoms with Crippen molar-refractivity contribution in [1.29, 1.82) is 0 Å². The highest BCUT2D eigenvalue weighted by atomic mass is 16.2. The van der Waals surface area contributed by atoms with Gasteiger partial charge in [0.05, 0.1) is 0 Å². The average molecular weight is 336 g/mol. The summed E-state index contributed by atoms with van der Waals surface area (Å²) >= 11 is 0. The van der Waals surface area contributed by atoms with Crippen LogP contribution in [0.2, 0.25) is 0 Å². The largest absolute Gasteiger partial charge is 0.349 e. The van der Waals surface area contributed by atoms with Crippen LogP contribution < -0.4 is 10.6 Å². The maximum absolute atomic E-state index is 12.1. The Labute approximate surface area is 148 Å². The van der Waals surface area contributed by atoms with E-state index in [9.17, 15) is 9.59 Å². The lowest BCUT2D eigenvalue weighted by Gasteiger charge is -2.09. The first-order valence-corrected chi connectivity index (χ1v) is 8.78. The predicted molar refractivity (Wildman–Crippen MR) is 99.8 cm³/mol. The van der Waals surface area contributed by atoms with Crippen LogP contribution in [0.5, 0.6) is 0 Å². The minimum atomic E-state index is -0.0461. The zero-order chi connectivity index (χ0) is 17.8. The number of aryl methyl sites for hydroxylation is 3. The number of benzene rings is 2. The quantitative estimate of drug-likeness (QED) is 0.844. The third-order valence-corrected chi connectivity index (χ3v) is 4.46. The van der Waals surface area contributed by atoms with Gasteiger partial charge in [-0.05, 0) is 68.5 Å². The predicted octanol–water partition coefficient (Wildman–Crippen LogP) is 3.77. The van der Waals surface area contributed by atoms with E-state index >= 15 is 0 Å². The zero-order valence-corrected chi connectivity index (χ0v) is 14.8. The fraction of sp³-hybridized carbons (Fsp3) is 0.333. The fourth-order valence-electron chi connectivity index (χ4n) is 2.80. The Bertz CT molecular complexity index is 777. The lowest BCUT2D eigenvalue weighted by molar-refractivity contribution is -0.116. The van der Waals surface area contributed by atoms with Crippen LogP contribution in [0.1, 0.15) is 46.3 Å². The van der Waals surface area contributed by atoms with Crippen molar-refractivity contribution < 1.29 is 9.59 Å². The van der Waals surface area contributed by atoms with Gasteiger partial charge < -0.3 is 10.6 Å². The van der Waals surface area contributed by atoms with E-state index in [4.69, 9.17) is 0 Å². The third kappa shape index (κ3) is 4.92. The number of carbonyl (C=O) groups is 2. The SMILES string of the molecule is Cc1ccc(CCC(=O)Nc2ccc(C(=O)NC3CC3)cc2)c(C)c1. The second-order valence-corrected chi connectivity index (χ2v) is 6.80. The summed E-state index contributed by atoms with van der Waals surface area (Å²) in [5.74, 6) is -0.0645. The van der Waals surface area contributed by atoms with E-state index in [1.165, 1.54) is 16.7 Å². The summed E-state index contributed by atoms with van der Waals surface area (Å²) in [6.45, 7) is 4.14. The molecule has 0 unspecified atom stereocenters. The van der Waals surface area contributed by atoms with Gasteiger partial charge in [0.25, 0.3) is 5.91 Å². The number of anilines is 1. The fourth-order valence-corrected chi connectivity index (χ4v) is 2.80. The minimum absolute atomic E-state index is 0.0184. The van der Waals surface area contributed by atoms with E-state index in [1.807, 2.05) is 0 Å². The van der Waals surface area contributed by atoms with Crippen molar-refractivity contribution in [2.24, 2.45) is 0 Å². The third-order valence-electron chi connectivity index (χ3n) is 4.46. The molecule has 0 heterocycles. The summed E-state index contributed by atoms with van der Waals surface area (Å²) in [6, 6.07) is 13.7. The van der Waals surface area contributed by atoms with Crippen molar-refractivity contribution in [1.82, 2.24) is 5.32 Å². The number of nitrogens with one attached hydrogen (secondary N) is 2. The van der Waals surface area contributed by atoms with Gasteiger partial charge in [-0.2, -0.15) is 0 Å². The monoisotopic (exact) mass is 336 g/mol. The summed E-state index contributed by atoms with van der Waals surface area (Å²) in [6.07, 6.45) is 3.30. The smallest absolute Gasteiger partial charge is 0.251 e. The topological polar surface area (TPSA) is 58.2 Å². The molecule has 0 aromatic heterocycles. The minimum Gasteiger partial charge on any atom is -0.349 e. The molecule has 0 aliphatic heterocycles. The van der Waals surface area contributed by atoms with E-state index < -0.39 is 0 Å². The summed E-state index contributed by atoms with van der Waals surface area (Å²) in [4.78, 5) is 24.1. The van der Waals surface area contributed by atoms with Gasteiger partial charge >= 0.3 is 0 Å². The van der Waals surface area contributed by atoms with Crippen LogP contribution >= 0.6 is 0 Å². The van der Waals surface area contributed by atoms with Crippen LogP contribution in [0, 0.1) is 13.8 Å². The molecular formula is C21H24N2O2. The van der Waals surface area contributed by atoms with Crippen LogP contribution in [0.3, 0.4) is 0 Å². The van der Waals surface area contributed by atoms with Crippen molar-refractivity contribution >= 4 is 17.5 Å². The lowest BCUT2D eigenvalue weighted by Crippen LogP contribution is -2.25. The molecule has 0 atom stereocenters. The molecule has 0 saturated heterocycles. The molecule has 1 saturated carbocycles. The Morgan fingerprint density at radius 2 is 1.76 bits per heavy atom. The Hall–Kier alpha value is -2.62. The molecule has 1 aliphatic carbocycles. The molecule has 1 aliphatic rings. The van der Waals surface area contributed by atoms with Gasteiger partial charge in [0.15, 0.2) is 0 Å². The highest BCUT2D eigenvalue weighted by Crippen LogP contribution is 2.20. The Balaban J connectivity index is 1.51. The molecule has 0 radical (unpaired) electrons. The first-order chi connectivity index (χ1) is 12.0. The van der Waals surface area contributed by atoms with Gasteiger partial charge in [0.1, 0.15) is 0 Å². The van der Waals surface area contributed by atoms with E-state index in [-0.39, 0.29) is 11.8 Å². The molecule has 3 rings (SSSR count). The summed E-state index contributed by atoms with van der Waals surface area (Å²) < 4.78 is 0. The van der Waals surface area contributed by atoms with Gasteiger partial charge in [-0.25, -0.2) is 0 Å². The Morgan fingerprint density at radius 1 is 1.04 bits per heavy atom. The van der Waals surface area contributed by atoms with E-state index in [2.05, 4.69) is 42.7 Å².